The fourth-order valence-electron chi connectivity index (χ4n) is 1.69. The van der Waals surface area contributed by atoms with Crippen LogP contribution in [0.15, 0.2) is 30.3 Å². The molecule has 2 aromatic carbocycles. The van der Waals surface area contributed by atoms with Crippen LogP contribution in [0.4, 0.5) is 5.69 Å². The number of hydrogen-bond donors (Lipinski definition) is 2. The van der Waals surface area contributed by atoms with E-state index in [1.807, 2.05) is 0 Å². The molecule has 0 bridgehead atoms. The van der Waals surface area contributed by atoms with Crippen molar-refractivity contribution in [3.05, 3.63) is 51.0 Å². The molecule has 2 aromatic rings. The van der Waals surface area contributed by atoms with E-state index in [-0.39, 0.29) is 21.4 Å². The van der Waals surface area contributed by atoms with Crippen molar-refractivity contribution in [1.82, 2.24) is 0 Å². The van der Waals surface area contributed by atoms with Crippen molar-refractivity contribution in [1.29, 1.82) is 0 Å². The molecule has 0 heterocycles. The Bertz CT molecular complexity index is 681. The summed E-state index contributed by atoms with van der Waals surface area (Å²) in [6.45, 7) is 0. The van der Waals surface area contributed by atoms with E-state index in [2.05, 4.69) is 5.32 Å². The Morgan fingerprint density at radius 2 is 1.76 bits per heavy atom. The van der Waals surface area contributed by atoms with Crippen LogP contribution in [0.3, 0.4) is 0 Å². The predicted octanol–water partition coefficient (Wildman–Crippen LogP) is 4.61. The van der Waals surface area contributed by atoms with Crippen LogP contribution in [0, 0.1) is 0 Å². The van der Waals surface area contributed by atoms with Gasteiger partial charge in [0.05, 0.1) is 22.7 Å². The van der Waals surface area contributed by atoms with Gasteiger partial charge in [-0.05, 0) is 30.3 Å². The van der Waals surface area contributed by atoms with Gasteiger partial charge in [0, 0.05) is 10.7 Å². The van der Waals surface area contributed by atoms with Gasteiger partial charge < -0.3 is 15.2 Å². The highest BCUT2D eigenvalue weighted by atomic mass is 35.5. The number of ether oxygens (including phenoxy) is 1. The Labute approximate surface area is 136 Å². The molecule has 0 aliphatic rings. The lowest BCUT2D eigenvalue weighted by Gasteiger charge is -2.11. The molecule has 0 spiro atoms. The highest BCUT2D eigenvalue weighted by molar-refractivity contribution is 6.37. The van der Waals surface area contributed by atoms with Gasteiger partial charge >= 0.3 is 0 Å². The molecular formula is C14H10Cl3NO3. The molecule has 0 saturated heterocycles. The largest absolute Gasteiger partial charge is 0.505 e. The minimum atomic E-state index is -0.438. The number of hydrogen-bond acceptors (Lipinski definition) is 3. The number of phenolic OH excluding ortho intramolecular Hbond substituents is 1. The minimum Gasteiger partial charge on any atom is -0.505 e. The number of rotatable bonds is 3. The van der Waals surface area contributed by atoms with Gasteiger partial charge in [-0.2, -0.15) is 0 Å². The van der Waals surface area contributed by atoms with Crippen LogP contribution in [0.2, 0.25) is 15.1 Å². The first-order valence-corrected chi connectivity index (χ1v) is 6.88. The summed E-state index contributed by atoms with van der Waals surface area (Å²) < 4.78 is 5.11. The van der Waals surface area contributed by atoms with Crippen LogP contribution in [0.1, 0.15) is 10.4 Å². The van der Waals surface area contributed by atoms with Crippen LogP contribution in [-0.4, -0.2) is 18.1 Å². The minimum absolute atomic E-state index is 0.0378. The highest BCUT2D eigenvalue weighted by Crippen LogP contribution is 2.35. The van der Waals surface area contributed by atoms with Crippen molar-refractivity contribution in [2.24, 2.45) is 0 Å². The fourth-order valence-corrected chi connectivity index (χ4v) is 2.35. The van der Waals surface area contributed by atoms with Crippen molar-refractivity contribution in [2.45, 2.75) is 0 Å². The van der Waals surface area contributed by atoms with Gasteiger partial charge in [0.1, 0.15) is 5.75 Å². The molecule has 1 amide bonds. The van der Waals surface area contributed by atoms with E-state index in [1.165, 1.54) is 25.3 Å². The monoisotopic (exact) mass is 345 g/mol. The summed E-state index contributed by atoms with van der Waals surface area (Å²) in [5, 5.41) is 12.6. The number of carbonyl (C=O) groups excluding carboxylic acids is 1. The molecule has 4 nitrogen and oxygen atoms in total. The zero-order chi connectivity index (χ0) is 15.6. The average molecular weight is 347 g/mol. The molecule has 0 radical (unpaired) electrons. The van der Waals surface area contributed by atoms with Crippen molar-refractivity contribution in [2.75, 3.05) is 12.4 Å². The number of benzene rings is 2. The molecule has 0 fully saturated rings. The predicted molar refractivity (Wildman–Crippen MR) is 84.1 cm³/mol. The zero-order valence-corrected chi connectivity index (χ0v) is 13.1. The molecule has 0 aliphatic carbocycles. The second-order valence-electron chi connectivity index (χ2n) is 4.09. The summed E-state index contributed by atoms with van der Waals surface area (Å²) in [5.74, 6) is -0.295. The fraction of sp³-hybridized carbons (Fsp3) is 0.0714. The van der Waals surface area contributed by atoms with Crippen LogP contribution >= 0.6 is 34.8 Å². The first-order valence-electron chi connectivity index (χ1n) is 5.75. The Kier molecular flexibility index (Phi) is 4.83. The Morgan fingerprint density at radius 1 is 1.14 bits per heavy atom. The maximum atomic E-state index is 12.3. The molecule has 21 heavy (non-hydrogen) atoms. The van der Waals surface area contributed by atoms with E-state index in [1.54, 1.807) is 12.1 Å². The molecule has 0 saturated carbocycles. The first kappa shape index (κ1) is 15.8. The summed E-state index contributed by atoms with van der Waals surface area (Å²) in [4.78, 5) is 12.3. The summed E-state index contributed by atoms with van der Waals surface area (Å²) in [7, 11) is 1.45. The number of aromatic hydroxyl groups is 1. The SMILES string of the molecule is COc1ccc(Cl)cc1C(=O)Nc1cc(Cl)c(O)c(Cl)c1. The third-order valence-electron chi connectivity index (χ3n) is 2.68. The van der Waals surface area contributed by atoms with Crippen LogP contribution in [0.25, 0.3) is 0 Å². The highest BCUT2D eigenvalue weighted by Gasteiger charge is 2.15. The summed E-state index contributed by atoms with van der Waals surface area (Å²) in [5.41, 5.74) is 0.611. The second kappa shape index (κ2) is 6.43. The summed E-state index contributed by atoms with van der Waals surface area (Å²) in [6.07, 6.45) is 0. The van der Waals surface area contributed by atoms with Crippen LogP contribution in [0.5, 0.6) is 11.5 Å². The Morgan fingerprint density at radius 3 is 2.33 bits per heavy atom. The maximum absolute atomic E-state index is 12.3. The molecule has 0 atom stereocenters. The molecule has 0 unspecified atom stereocenters. The Hall–Kier alpha value is -1.62. The number of amides is 1. The van der Waals surface area contributed by atoms with Gasteiger partial charge in [-0.1, -0.05) is 34.8 Å². The first-order chi connectivity index (χ1) is 9.92. The van der Waals surface area contributed by atoms with Gasteiger partial charge in [0.2, 0.25) is 0 Å². The van der Waals surface area contributed by atoms with Gasteiger partial charge in [-0.25, -0.2) is 0 Å². The number of methoxy groups -OCH3 is 1. The summed E-state index contributed by atoms with van der Waals surface area (Å²) in [6, 6.07) is 7.47. The van der Waals surface area contributed by atoms with E-state index < -0.39 is 5.91 Å². The molecule has 0 aromatic heterocycles. The smallest absolute Gasteiger partial charge is 0.259 e. The van der Waals surface area contributed by atoms with Gasteiger partial charge in [-0.15, -0.1) is 0 Å². The van der Waals surface area contributed by atoms with Crippen molar-refractivity contribution in [3.8, 4) is 11.5 Å². The second-order valence-corrected chi connectivity index (χ2v) is 5.34. The van der Waals surface area contributed by atoms with E-state index >= 15 is 0 Å². The number of carbonyl (C=O) groups is 1. The van der Waals surface area contributed by atoms with E-state index in [4.69, 9.17) is 39.5 Å². The van der Waals surface area contributed by atoms with E-state index in [0.29, 0.717) is 16.5 Å². The van der Waals surface area contributed by atoms with Crippen LogP contribution in [-0.2, 0) is 0 Å². The molecule has 110 valence electrons. The van der Waals surface area contributed by atoms with Gasteiger partial charge in [-0.3, -0.25) is 4.79 Å². The number of nitrogens with one attached hydrogen (secondary N) is 1. The van der Waals surface area contributed by atoms with Crippen LogP contribution < -0.4 is 10.1 Å². The lowest BCUT2D eigenvalue weighted by Crippen LogP contribution is -2.13. The number of phenols is 1. The topological polar surface area (TPSA) is 58.6 Å². The lowest BCUT2D eigenvalue weighted by molar-refractivity contribution is 0.102. The van der Waals surface area contributed by atoms with Crippen molar-refractivity contribution in [3.63, 3.8) is 0 Å². The normalized spacial score (nSPS) is 10.3. The third-order valence-corrected chi connectivity index (χ3v) is 3.49. The van der Waals surface area contributed by atoms with E-state index in [0.717, 1.165) is 0 Å². The number of halogens is 3. The lowest BCUT2D eigenvalue weighted by atomic mass is 10.2. The maximum Gasteiger partial charge on any atom is 0.259 e. The van der Waals surface area contributed by atoms with Crippen molar-refractivity contribution >= 4 is 46.4 Å². The zero-order valence-electron chi connectivity index (χ0n) is 10.8. The number of anilines is 1. The molecule has 2 N–H and O–H groups in total. The van der Waals surface area contributed by atoms with E-state index in [9.17, 15) is 9.90 Å². The van der Waals surface area contributed by atoms with Gasteiger partial charge in [0.25, 0.3) is 5.91 Å². The van der Waals surface area contributed by atoms with Gasteiger partial charge in [0.15, 0.2) is 5.75 Å². The Balaban J connectivity index is 2.32. The average Bonchev–Trinajstić information content (AvgIpc) is 2.44. The molecule has 0 aliphatic heterocycles. The quantitative estimate of drug-likeness (QED) is 0.798. The summed E-state index contributed by atoms with van der Waals surface area (Å²) >= 11 is 17.5. The standard InChI is InChI=1S/C14H10Cl3NO3/c1-21-12-3-2-7(15)4-9(12)14(20)18-8-5-10(16)13(19)11(17)6-8/h2-6,19H,1H3,(H,18,20). The van der Waals surface area contributed by atoms with Crippen molar-refractivity contribution < 1.29 is 14.6 Å². The third kappa shape index (κ3) is 3.53. The molecular weight excluding hydrogens is 337 g/mol. The molecule has 7 heteroatoms. The molecule has 2 rings (SSSR count).